The number of aliphatic hydroxyl groups excluding tert-OH is 1. The first-order valence-corrected chi connectivity index (χ1v) is 5.83. The van der Waals surface area contributed by atoms with E-state index in [-0.39, 0.29) is 24.2 Å². The molecule has 0 spiro atoms. The Morgan fingerprint density at radius 3 is 2.85 bits per heavy atom. The van der Waals surface area contributed by atoms with E-state index in [9.17, 15) is 5.11 Å². The average Bonchev–Trinajstić information content (AvgIpc) is 2.16. The Kier molecular flexibility index (Phi) is 4.42. The average molecular weight is 249 g/mol. The van der Waals surface area contributed by atoms with Gasteiger partial charge < -0.3 is 9.84 Å². The maximum Gasteiger partial charge on any atom is 0.0757 e. The highest BCUT2D eigenvalue weighted by Gasteiger charge is 2.31. The highest BCUT2D eigenvalue weighted by Crippen LogP contribution is 2.28. The Hall–Kier alpha value is 0.140. The van der Waals surface area contributed by atoms with Crippen LogP contribution in [0.1, 0.15) is 19.8 Å². The lowest BCUT2D eigenvalue weighted by Gasteiger charge is -2.35. The largest absolute Gasteiger partial charge is 0.392 e. The van der Waals surface area contributed by atoms with Gasteiger partial charge in [0.25, 0.3) is 0 Å². The third-order valence-electron chi connectivity index (χ3n) is 2.69. The summed E-state index contributed by atoms with van der Waals surface area (Å²) in [5, 5.41) is 10.3. The second kappa shape index (κ2) is 5.13. The monoisotopic (exact) mass is 248 g/mol. The van der Waals surface area contributed by atoms with Gasteiger partial charge in [-0.1, -0.05) is 22.0 Å². The van der Waals surface area contributed by atoms with Crippen molar-refractivity contribution in [2.45, 2.75) is 38.1 Å². The van der Waals surface area contributed by atoms with Gasteiger partial charge in [0.05, 0.1) is 18.3 Å². The molecule has 76 valence electrons. The molecule has 1 saturated heterocycles. The van der Waals surface area contributed by atoms with E-state index in [0.717, 1.165) is 12.8 Å². The maximum atomic E-state index is 9.66. The lowest BCUT2D eigenvalue weighted by molar-refractivity contribution is -0.0833. The Bertz CT molecular complexity index is 172. The SMILES string of the molecule is C=CC1CCC(C(O)CBr)C(C)O1. The summed E-state index contributed by atoms with van der Waals surface area (Å²) in [6, 6.07) is 0. The molecule has 1 fully saturated rings. The number of halogens is 1. The van der Waals surface area contributed by atoms with Crippen molar-refractivity contribution in [1.29, 1.82) is 0 Å². The van der Waals surface area contributed by atoms with Crippen molar-refractivity contribution in [2.24, 2.45) is 5.92 Å². The Balaban J connectivity index is 2.47. The van der Waals surface area contributed by atoms with Gasteiger partial charge in [0.1, 0.15) is 0 Å². The third-order valence-corrected chi connectivity index (χ3v) is 3.36. The molecule has 13 heavy (non-hydrogen) atoms. The van der Waals surface area contributed by atoms with E-state index in [0.29, 0.717) is 5.33 Å². The van der Waals surface area contributed by atoms with Crippen LogP contribution in [0.25, 0.3) is 0 Å². The molecule has 1 heterocycles. The second-order valence-electron chi connectivity index (χ2n) is 3.58. The molecule has 0 aromatic carbocycles. The van der Waals surface area contributed by atoms with Crippen LogP contribution in [0.4, 0.5) is 0 Å². The zero-order chi connectivity index (χ0) is 9.84. The maximum absolute atomic E-state index is 9.66. The summed E-state index contributed by atoms with van der Waals surface area (Å²) in [5.41, 5.74) is 0. The summed E-state index contributed by atoms with van der Waals surface area (Å²) in [7, 11) is 0. The first-order chi connectivity index (χ1) is 6.19. The molecule has 0 aromatic rings. The molecule has 0 amide bonds. The molecule has 1 rings (SSSR count). The van der Waals surface area contributed by atoms with E-state index >= 15 is 0 Å². The molecular formula is C10H17BrO2. The predicted molar refractivity (Wildman–Crippen MR) is 57.1 cm³/mol. The predicted octanol–water partition coefficient (Wildman–Crippen LogP) is 2.11. The minimum Gasteiger partial charge on any atom is -0.392 e. The summed E-state index contributed by atoms with van der Waals surface area (Å²) in [5.74, 6) is 0.260. The molecule has 4 unspecified atom stereocenters. The first-order valence-electron chi connectivity index (χ1n) is 4.71. The standard InChI is InChI=1S/C10H17BrO2/c1-3-8-4-5-9(7(2)13-8)10(12)6-11/h3,7-10,12H,1,4-6H2,2H3. The van der Waals surface area contributed by atoms with Crippen molar-refractivity contribution in [2.75, 3.05) is 5.33 Å². The van der Waals surface area contributed by atoms with Crippen LogP contribution in [-0.2, 0) is 4.74 Å². The molecule has 0 saturated carbocycles. The van der Waals surface area contributed by atoms with Crippen LogP contribution in [0.3, 0.4) is 0 Å². The minimum atomic E-state index is -0.291. The zero-order valence-electron chi connectivity index (χ0n) is 7.95. The number of hydrogen-bond acceptors (Lipinski definition) is 2. The van der Waals surface area contributed by atoms with Gasteiger partial charge in [-0.15, -0.1) is 6.58 Å². The van der Waals surface area contributed by atoms with Gasteiger partial charge in [-0.25, -0.2) is 0 Å². The summed E-state index contributed by atoms with van der Waals surface area (Å²) < 4.78 is 5.67. The Labute approximate surface area is 88.1 Å². The number of alkyl halides is 1. The molecule has 4 atom stereocenters. The quantitative estimate of drug-likeness (QED) is 0.613. The van der Waals surface area contributed by atoms with Gasteiger partial charge >= 0.3 is 0 Å². The van der Waals surface area contributed by atoms with Crippen molar-refractivity contribution in [3.8, 4) is 0 Å². The molecule has 1 aliphatic heterocycles. The van der Waals surface area contributed by atoms with Crippen molar-refractivity contribution in [3.63, 3.8) is 0 Å². The van der Waals surface area contributed by atoms with Crippen molar-refractivity contribution >= 4 is 15.9 Å². The molecule has 3 heteroatoms. The van der Waals surface area contributed by atoms with Crippen molar-refractivity contribution < 1.29 is 9.84 Å². The van der Waals surface area contributed by atoms with Crippen LogP contribution < -0.4 is 0 Å². The Morgan fingerprint density at radius 1 is 1.69 bits per heavy atom. The van der Waals surface area contributed by atoms with Gasteiger partial charge in [-0.05, 0) is 19.8 Å². The summed E-state index contributed by atoms with van der Waals surface area (Å²) in [6.45, 7) is 5.73. The van der Waals surface area contributed by atoms with Crippen LogP contribution in [0, 0.1) is 5.92 Å². The molecule has 0 radical (unpaired) electrons. The van der Waals surface area contributed by atoms with Gasteiger partial charge in [0.2, 0.25) is 0 Å². The number of hydrogen-bond donors (Lipinski definition) is 1. The Morgan fingerprint density at radius 2 is 2.38 bits per heavy atom. The summed E-state index contributed by atoms with van der Waals surface area (Å²) >= 11 is 3.28. The minimum absolute atomic E-state index is 0.129. The fraction of sp³-hybridized carbons (Fsp3) is 0.800. The molecule has 0 aliphatic carbocycles. The van der Waals surface area contributed by atoms with E-state index in [1.54, 1.807) is 0 Å². The fourth-order valence-corrected chi connectivity index (χ4v) is 2.31. The molecule has 2 nitrogen and oxygen atoms in total. The normalized spacial score (nSPS) is 37.0. The second-order valence-corrected chi connectivity index (χ2v) is 4.23. The van der Waals surface area contributed by atoms with Crippen LogP contribution in [-0.4, -0.2) is 28.7 Å². The highest BCUT2D eigenvalue weighted by atomic mass is 79.9. The van der Waals surface area contributed by atoms with Crippen LogP contribution >= 0.6 is 15.9 Å². The van der Waals surface area contributed by atoms with Crippen LogP contribution in [0.2, 0.25) is 0 Å². The fourth-order valence-electron chi connectivity index (χ4n) is 1.83. The lowest BCUT2D eigenvalue weighted by Crippen LogP contribution is -2.39. The van der Waals surface area contributed by atoms with E-state index in [2.05, 4.69) is 22.5 Å². The van der Waals surface area contributed by atoms with Gasteiger partial charge in [-0.2, -0.15) is 0 Å². The summed E-state index contributed by atoms with van der Waals surface area (Å²) in [6.07, 6.45) is 3.85. The van der Waals surface area contributed by atoms with Crippen LogP contribution in [0.15, 0.2) is 12.7 Å². The smallest absolute Gasteiger partial charge is 0.0757 e. The zero-order valence-corrected chi connectivity index (χ0v) is 9.53. The number of rotatable bonds is 3. The molecule has 1 aliphatic rings. The van der Waals surface area contributed by atoms with Gasteiger partial charge in [-0.3, -0.25) is 0 Å². The number of aliphatic hydroxyl groups is 1. The topological polar surface area (TPSA) is 29.5 Å². The van der Waals surface area contributed by atoms with E-state index in [4.69, 9.17) is 4.74 Å². The van der Waals surface area contributed by atoms with Crippen LogP contribution in [0.5, 0.6) is 0 Å². The van der Waals surface area contributed by atoms with Crippen molar-refractivity contribution in [1.82, 2.24) is 0 Å². The van der Waals surface area contributed by atoms with E-state index in [1.807, 2.05) is 13.0 Å². The molecular weight excluding hydrogens is 232 g/mol. The van der Waals surface area contributed by atoms with Gasteiger partial charge in [0.15, 0.2) is 0 Å². The molecule has 0 bridgehead atoms. The van der Waals surface area contributed by atoms with Crippen molar-refractivity contribution in [3.05, 3.63) is 12.7 Å². The molecule has 1 N–H and O–H groups in total. The first kappa shape index (κ1) is 11.2. The van der Waals surface area contributed by atoms with Gasteiger partial charge in [0, 0.05) is 11.2 Å². The number of ether oxygens (including phenoxy) is 1. The highest BCUT2D eigenvalue weighted by molar-refractivity contribution is 9.09. The third kappa shape index (κ3) is 2.79. The van der Waals surface area contributed by atoms with E-state index in [1.165, 1.54) is 0 Å². The summed E-state index contributed by atoms with van der Waals surface area (Å²) in [4.78, 5) is 0. The molecule has 0 aromatic heterocycles. The van der Waals surface area contributed by atoms with E-state index < -0.39 is 0 Å². The lowest BCUT2D eigenvalue weighted by atomic mass is 9.88.